The summed E-state index contributed by atoms with van der Waals surface area (Å²) in [6.45, 7) is 11.6. The Morgan fingerprint density at radius 2 is 2.10 bits per heavy atom. The van der Waals surface area contributed by atoms with Crippen molar-refractivity contribution >= 4 is 0 Å². The molecule has 3 heteroatoms. The SMILES string of the molecule is CC(C)CNCc1coc(COC2CCC(C)C(C)C2)c1. The van der Waals surface area contributed by atoms with Gasteiger partial charge >= 0.3 is 0 Å². The van der Waals surface area contributed by atoms with Crippen molar-refractivity contribution in [2.24, 2.45) is 17.8 Å². The van der Waals surface area contributed by atoms with Gasteiger partial charge in [0.15, 0.2) is 0 Å². The Morgan fingerprint density at radius 1 is 1.29 bits per heavy atom. The maximum atomic E-state index is 6.03. The number of nitrogens with one attached hydrogen (secondary N) is 1. The van der Waals surface area contributed by atoms with E-state index in [9.17, 15) is 0 Å². The molecule has 1 aliphatic carbocycles. The minimum Gasteiger partial charge on any atom is -0.467 e. The van der Waals surface area contributed by atoms with Crippen molar-refractivity contribution in [3.05, 3.63) is 23.7 Å². The molecule has 1 aromatic heterocycles. The summed E-state index contributed by atoms with van der Waals surface area (Å²) < 4.78 is 11.6. The van der Waals surface area contributed by atoms with Crippen molar-refractivity contribution in [3.8, 4) is 0 Å². The highest BCUT2D eigenvalue weighted by Crippen LogP contribution is 2.31. The first-order valence-corrected chi connectivity index (χ1v) is 8.43. The van der Waals surface area contributed by atoms with Gasteiger partial charge in [0.2, 0.25) is 0 Å². The van der Waals surface area contributed by atoms with Gasteiger partial charge in [0.1, 0.15) is 12.4 Å². The molecule has 0 spiro atoms. The molecular formula is C18H31NO2. The summed E-state index contributed by atoms with van der Waals surface area (Å²) in [5.41, 5.74) is 1.21. The van der Waals surface area contributed by atoms with Crippen molar-refractivity contribution in [2.75, 3.05) is 6.54 Å². The van der Waals surface area contributed by atoms with Gasteiger partial charge in [0.25, 0.3) is 0 Å². The molecule has 1 heterocycles. The van der Waals surface area contributed by atoms with Crippen molar-refractivity contribution in [1.82, 2.24) is 5.32 Å². The van der Waals surface area contributed by atoms with Crippen LogP contribution in [0, 0.1) is 17.8 Å². The molecule has 3 atom stereocenters. The number of furan rings is 1. The van der Waals surface area contributed by atoms with E-state index in [-0.39, 0.29) is 0 Å². The molecular weight excluding hydrogens is 262 g/mol. The van der Waals surface area contributed by atoms with Crippen LogP contribution in [-0.2, 0) is 17.9 Å². The molecule has 21 heavy (non-hydrogen) atoms. The topological polar surface area (TPSA) is 34.4 Å². The van der Waals surface area contributed by atoms with Crippen LogP contribution < -0.4 is 5.32 Å². The van der Waals surface area contributed by atoms with Gasteiger partial charge in [-0.25, -0.2) is 0 Å². The molecule has 1 aromatic rings. The summed E-state index contributed by atoms with van der Waals surface area (Å²) in [4.78, 5) is 0. The summed E-state index contributed by atoms with van der Waals surface area (Å²) in [5, 5.41) is 3.43. The molecule has 3 unspecified atom stereocenters. The molecule has 2 rings (SSSR count). The van der Waals surface area contributed by atoms with Crippen molar-refractivity contribution in [2.45, 2.75) is 66.2 Å². The largest absolute Gasteiger partial charge is 0.467 e. The van der Waals surface area contributed by atoms with Crippen LogP contribution in [0.25, 0.3) is 0 Å². The summed E-state index contributed by atoms with van der Waals surface area (Å²) in [6.07, 6.45) is 5.91. The maximum absolute atomic E-state index is 6.03. The number of ether oxygens (including phenoxy) is 1. The van der Waals surface area contributed by atoms with Crippen LogP contribution in [0.5, 0.6) is 0 Å². The van der Waals surface area contributed by atoms with Gasteiger partial charge in [-0.05, 0) is 49.6 Å². The zero-order valence-electron chi connectivity index (χ0n) is 14.0. The third-order valence-corrected chi connectivity index (χ3v) is 4.60. The van der Waals surface area contributed by atoms with E-state index in [1.54, 1.807) is 0 Å². The molecule has 1 aliphatic rings. The molecule has 0 radical (unpaired) electrons. The van der Waals surface area contributed by atoms with Gasteiger partial charge in [0.05, 0.1) is 12.4 Å². The monoisotopic (exact) mass is 293 g/mol. The quantitative estimate of drug-likeness (QED) is 0.810. The molecule has 120 valence electrons. The molecule has 0 saturated heterocycles. The first-order valence-electron chi connectivity index (χ1n) is 8.43. The average Bonchev–Trinajstić information content (AvgIpc) is 2.88. The molecule has 3 nitrogen and oxygen atoms in total. The summed E-state index contributed by atoms with van der Waals surface area (Å²) in [5.74, 6) is 3.24. The zero-order valence-corrected chi connectivity index (χ0v) is 14.0. The van der Waals surface area contributed by atoms with Crippen LogP contribution in [0.15, 0.2) is 16.7 Å². The highest BCUT2D eigenvalue weighted by Gasteiger charge is 2.25. The standard InChI is InChI=1S/C18H31NO2/c1-13(2)9-19-10-16-8-18(20-11-16)12-21-17-6-5-14(3)15(4)7-17/h8,11,13-15,17,19H,5-7,9-10,12H2,1-4H3. The second-order valence-electron chi connectivity index (χ2n) is 7.15. The Kier molecular flexibility index (Phi) is 6.31. The molecule has 1 fully saturated rings. The number of hydrogen-bond donors (Lipinski definition) is 1. The summed E-state index contributed by atoms with van der Waals surface area (Å²) in [6, 6.07) is 2.11. The highest BCUT2D eigenvalue weighted by molar-refractivity contribution is 5.12. The fourth-order valence-corrected chi connectivity index (χ4v) is 2.95. The Hall–Kier alpha value is -0.800. The predicted molar refractivity (Wildman–Crippen MR) is 86.0 cm³/mol. The van der Waals surface area contributed by atoms with E-state index in [2.05, 4.69) is 39.1 Å². The van der Waals surface area contributed by atoms with Gasteiger partial charge in [-0.3, -0.25) is 0 Å². The van der Waals surface area contributed by atoms with E-state index < -0.39 is 0 Å². The van der Waals surface area contributed by atoms with Crippen molar-refractivity contribution in [3.63, 3.8) is 0 Å². The molecule has 0 bridgehead atoms. The van der Waals surface area contributed by atoms with E-state index in [0.717, 1.165) is 30.7 Å². The Bertz CT molecular complexity index is 413. The van der Waals surface area contributed by atoms with Crippen LogP contribution in [0.2, 0.25) is 0 Å². The Labute approximate surface area is 129 Å². The third kappa shape index (κ3) is 5.48. The Balaban J connectivity index is 1.70. The van der Waals surface area contributed by atoms with Crippen LogP contribution >= 0.6 is 0 Å². The number of hydrogen-bond acceptors (Lipinski definition) is 3. The smallest absolute Gasteiger partial charge is 0.129 e. The first kappa shape index (κ1) is 16.6. The van der Waals surface area contributed by atoms with Crippen LogP contribution in [-0.4, -0.2) is 12.6 Å². The number of rotatable bonds is 7. The van der Waals surface area contributed by atoms with Crippen molar-refractivity contribution < 1.29 is 9.15 Å². The van der Waals surface area contributed by atoms with E-state index in [4.69, 9.17) is 9.15 Å². The molecule has 0 amide bonds. The van der Waals surface area contributed by atoms with Crippen LogP contribution in [0.3, 0.4) is 0 Å². The van der Waals surface area contributed by atoms with Crippen LogP contribution in [0.1, 0.15) is 58.3 Å². The second kappa shape index (κ2) is 8.00. The summed E-state index contributed by atoms with van der Waals surface area (Å²) in [7, 11) is 0. The lowest BCUT2D eigenvalue weighted by molar-refractivity contribution is -0.0139. The lowest BCUT2D eigenvalue weighted by Crippen LogP contribution is -2.26. The van der Waals surface area contributed by atoms with E-state index in [0.29, 0.717) is 18.6 Å². The minimum atomic E-state index is 0.406. The zero-order chi connectivity index (χ0) is 15.2. The average molecular weight is 293 g/mol. The fraction of sp³-hybridized carbons (Fsp3) is 0.778. The van der Waals surface area contributed by atoms with E-state index in [1.807, 2.05) is 6.26 Å². The minimum absolute atomic E-state index is 0.406. The normalized spacial score (nSPS) is 26.4. The van der Waals surface area contributed by atoms with Gasteiger partial charge in [-0.1, -0.05) is 27.7 Å². The van der Waals surface area contributed by atoms with Gasteiger partial charge < -0.3 is 14.5 Å². The maximum Gasteiger partial charge on any atom is 0.129 e. The molecule has 0 aromatic carbocycles. The third-order valence-electron chi connectivity index (χ3n) is 4.60. The molecule has 1 N–H and O–H groups in total. The summed E-state index contributed by atoms with van der Waals surface area (Å²) >= 11 is 0. The van der Waals surface area contributed by atoms with Gasteiger partial charge in [-0.2, -0.15) is 0 Å². The Morgan fingerprint density at radius 3 is 2.81 bits per heavy atom. The first-order chi connectivity index (χ1) is 10.0. The second-order valence-corrected chi connectivity index (χ2v) is 7.15. The fourth-order valence-electron chi connectivity index (χ4n) is 2.95. The predicted octanol–water partition coefficient (Wildman–Crippen LogP) is 4.37. The highest BCUT2D eigenvalue weighted by atomic mass is 16.5. The lowest BCUT2D eigenvalue weighted by atomic mass is 9.80. The van der Waals surface area contributed by atoms with Gasteiger partial charge in [0, 0.05) is 12.1 Å². The van der Waals surface area contributed by atoms with E-state index in [1.165, 1.54) is 24.8 Å². The van der Waals surface area contributed by atoms with E-state index >= 15 is 0 Å². The molecule has 0 aliphatic heterocycles. The molecule has 1 saturated carbocycles. The van der Waals surface area contributed by atoms with Crippen molar-refractivity contribution in [1.29, 1.82) is 0 Å². The van der Waals surface area contributed by atoms with Crippen LogP contribution in [0.4, 0.5) is 0 Å². The lowest BCUT2D eigenvalue weighted by Gasteiger charge is -2.31. The van der Waals surface area contributed by atoms with Gasteiger partial charge in [-0.15, -0.1) is 0 Å².